The lowest BCUT2D eigenvalue weighted by molar-refractivity contribution is -0.307. The van der Waals surface area contributed by atoms with Gasteiger partial charge in [0, 0.05) is 5.56 Å². The van der Waals surface area contributed by atoms with E-state index in [0.717, 1.165) is 5.56 Å². The van der Waals surface area contributed by atoms with E-state index < -0.39 is 18.0 Å². The van der Waals surface area contributed by atoms with Crippen molar-refractivity contribution in [1.82, 2.24) is 0 Å². The summed E-state index contributed by atoms with van der Waals surface area (Å²) in [6, 6.07) is 11.9. The van der Waals surface area contributed by atoms with Crippen LogP contribution in [0.15, 0.2) is 51.7 Å². The summed E-state index contributed by atoms with van der Waals surface area (Å²) < 4.78 is 11.0. The van der Waals surface area contributed by atoms with Gasteiger partial charge in [-0.2, -0.15) is 0 Å². The number of halogens is 1. The van der Waals surface area contributed by atoms with E-state index in [-0.39, 0.29) is 11.5 Å². The minimum absolute atomic E-state index is 0.0879. The van der Waals surface area contributed by atoms with E-state index in [1.165, 1.54) is 0 Å². The van der Waals surface area contributed by atoms with Crippen molar-refractivity contribution >= 4 is 28.5 Å². The van der Waals surface area contributed by atoms with Gasteiger partial charge in [-0.15, -0.1) is 0 Å². The highest BCUT2D eigenvalue weighted by Gasteiger charge is 2.19. The lowest BCUT2D eigenvalue weighted by atomic mass is 10.1. The first-order chi connectivity index (χ1) is 11.5. The number of ether oxygens (including phenoxy) is 1. The Hall–Kier alpha value is -2.79. The Bertz CT molecular complexity index is 990. The number of fused-ring (bicyclic) bond motifs is 1. The number of carboxylic acids is 1. The van der Waals surface area contributed by atoms with Crippen LogP contribution in [-0.4, -0.2) is 12.6 Å². The molecule has 0 N–H and O–H groups in total. The smallest absolute Gasteiger partial charge is 0.235 e. The number of aryl methyl sites for hydroxylation is 1. The second kappa shape index (κ2) is 6.37. The van der Waals surface area contributed by atoms with Gasteiger partial charge in [-0.05, 0) is 36.8 Å². The van der Waals surface area contributed by atoms with Gasteiger partial charge in [0.05, 0.1) is 16.4 Å². The minimum atomic E-state index is -1.44. The highest BCUT2D eigenvalue weighted by Crippen LogP contribution is 2.35. The predicted molar refractivity (Wildman–Crippen MR) is 88.2 cm³/mol. The summed E-state index contributed by atoms with van der Waals surface area (Å²) in [4.78, 5) is 23.4. The Morgan fingerprint density at radius 3 is 2.71 bits per heavy atom. The Labute approximate surface area is 142 Å². The fourth-order valence-corrected chi connectivity index (χ4v) is 2.59. The molecule has 3 rings (SSSR count). The van der Waals surface area contributed by atoms with Crippen molar-refractivity contribution in [3.8, 4) is 17.1 Å². The quantitative estimate of drug-likeness (QED) is 0.727. The molecule has 0 unspecified atom stereocenters. The van der Waals surface area contributed by atoms with Gasteiger partial charge in [0.2, 0.25) is 11.2 Å². The van der Waals surface area contributed by atoms with E-state index in [4.69, 9.17) is 20.8 Å². The Balaban J connectivity index is 2.32. The van der Waals surface area contributed by atoms with Crippen molar-refractivity contribution in [3.05, 3.63) is 63.3 Å². The summed E-state index contributed by atoms with van der Waals surface area (Å²) in [6.45, 7) is 1.11. The summed E-state index contributed by atoms with van der Waals surface area (Å²) in [6.07, 6.45) is 0. The molecule has 0 saturated carbocycles. The fraction of sp³-hybridized carbons (Fsp3) is 0.111. The van der Waals surface area contributed by atoms with Crippen molar-refractivity contribution in [3.63, 3.8) is 0 Å². The van der Waals surface area contributed by atoms with Crippen molar-refractivity contribution in [2.75, 3.05) is 6.61 Å². The van der Waals surface area contributed by atoms with Gasteiger partial charge in [0.15, 0.2) is 5.76 Å². The number of carbonyl (C=O) groups excluding carboxylic acids is 1. The van der Waals surface area contributed by atoms with Gasteiger partial charge >= 0.3 is 0 Å². The Morgan fingerprint density at radius 2 is 2.00 bits per heavy atom. The zero-order chi connectivity index (χ0) is 17.3. The van der Waals surface area contributed by atoms with Crippen LogP contribution in [0.25, 0.3) is 22.3 Å². The third kappa shape index (κ3) is 2.98. The third-order valence-electron chi connectivity index (χ3n) is 3.46. The molecule has 0 radical (unpaired) electrons. The Kier molecular flexibility index (Phi) is 4.27. The zero-order valence-electron chi connectivity index (χ0n) is 12.7. The highest BCUT2D eigenvalue weighted by atomic mass is 35.5. The van der Waals surface area contributed by atoms with Crippen LogP contribution < -0.4 is 15.3 Å². The van der Waals surface area contributed by atoms with Gasteiger partial charge in [0.25, 0.3) is 0 Å². The molecule has 0 aliphatic rings. The molecule has 0 fully saturated rings. The molecule has 24 heavy (non-hydrogen) atoms. The van der Waals surface area contributed by atoms with Crippen molar-refractivity contribution in [1.29, 1.82) is 0 Å². The molecule has 2 aromatic carbocycles. The summed E-state index contributed by atoms with van der Waals surface area (Å²) >= 11 is 6.18. The SMILES string of the molecule is Cc1ccc2c(=O)c(OCC(=O)[O-])c(-c3ccccc3Cl)oc2c1. The molecule has 0 aliphatic carbocycles. The van der Waals surface area contributed by atoms with Crippen molar-refractivity contribution < 1.29 is 19.1 Å². The van der Waals surface area contributed by atoms with Crippen LogP contribution in [0, 0.1) is 6.92 Å². The van der Waals surface area contributed by atoms with E-state index in [0.29, 0.717) is 21.6 Å². The number of carboxylic acid groups (broad SMARTS) is 1. The summed E-state index contributed by atoms with van der Waals surface area (Å²) in [5.74, 6) is -1.56. The standard InChI is InChI=1S/C18H13ClO5/c1-10-6-7-12-14(8-10)24-17(11-4-2-3-5-13(11)19)18(16(12)22)23-9-15(20)21/h2-8H,9H2,1H3,(H,20,21)/p-1. The lowest BCUT2D eigenvalue weighted by Crippen LogP contribution is -2.30. The van der Waals surface area contributed by atoms with Crippen LogP contribution in [0.1, 0.15) is 5.56 Å². The third-order valence-corrected chi connectivity index (χ3v) is 3.79. The average Bonchev–Trinajstić information content (AvgIpc) is 2.54. The largest absolute Gasteiger partial charge is 0.546 e. The maximum atomic E-state index is 12.7. The number of aliphatic carboxylic acids is 1. The molecule has 0 amide bonds. The van der Waals surface area contributed by atoms with E-state index in [1.54, 1.807) is 42.5 Å². The van der Waals surface area contributed by atoms with Gasteiger partial charge in [0.1, 0.15) is 12.2 Å². The van der Waals surface area contributed by atoms with E-state index in [2.05, 4.69) is 0 Å². The van der Waals surface area contributed by atoms with Crippen molar-refractivity contribution in [2.24, 2.45) is 0 Å². The topological polar surface area (TPSA) is 79.6 Å². The van der Waals surface area contributed by atoms with E-state index in [9.17, 15) is 14.7 Å². The minimum Gasteiger partial charge on any atom is -0.546 e. The number of hydrogen-bond acceptors (Lipinski definition) is 5. The van der Waals surface area contributed by atoms with Crippen LogP contribution in [0.4, 0.5) is 0 Å². The molecular weight excluding hydrogens is 332 g/mol. The van der Waals surface area contributed by atoms with Gasteiger partial charge in [-0.3, -0.25) is 4.79 Å². The second-order valence-electron chi connectivity index (χ2n) is 5.23. The van der Waals surface area contributed by atoms with Crippen LogP contribution in [0.5, 0.6) is 5.75 Å². The monoisotopic (exact) mass is 343 g/mol. The number of carbonyl (C=O) groups is 1. The number of hydrogen-bond donors (Lipinski definition) is 0. The predicted octanol–water partition coefficient (Wildman–Crippen LogP) is 2.55. The molecule has 0 spiro atoms. The van der Waals surface area contributed by atoms with Gasteiger partial charge in [-0.25, -0.2) is 0 Å². The molecule has 0 bridgehead atoms. The Morgan fingerprint density at radius 1 is 1.25 bits per heavy atom. The molecule has 0 saturated heterocycles. The molecule has 5 nitrogen and oxygen atoms in total. The molecule has 3 aromatic rings. The zero-order valence-corrected chi connectivity index (χ0v) is 13.4. The van der Waals surface area contributed by atoms with Crippen molar-refractivity contribution in [2.45, 2.75) is 6.92 Å². The maximum absolute atomic E-state index is 12.7. The van der Waals surface area contributed by atoms with Crippen LogP contribution in [0.2, 0.25) is 5.02 Å². The molecule has 0 atom stereocenters. The number of rotatable bonds is 4. The van der Waals surface area contributed by atoms with Gasteiger partial charge in [-0.1, -0.05) is 29.8 Å². The van der Waals surface area contributed by atoms with Crippen LogP contribution in [-0.2, 0) is 4.79 Å². The maximum Gasteiger partial charge on any atom is 0.235 e. The summed E-state index contributed by atoms with van der Waals surface area (Å²) in [7, 11) is 0. The molecular formula is C18H12ClO5-. The van der Waals surface area contributed by atoms with E-state index in [1.807, 2.05) is 6.92 Å². The average molecular weight is 344 g/mol. The van der Waals surface area contributed by atoms with Gasteiger partial charge < -0.3 is 19.1 Å². The molecule has 0 aliphatic heterocycles. The highest BCUT2D eigenvalue weighted by molar-refractivity contribution is 6.33. The first-order valence-electron chi connectivity index (χ1n) is 7.12. The lowest BCUT2D eigenvalue weighted by Gasteiger charge is -2.13. The normalized spacial score (nSPS) is 10.8. The van der Waals surface area contributed by atoms with E-state index >= 15 is 0 Å². The molecule has 122 valence electrons. The fourth-order valence-electron chi connectivity index (χ4n) is 2.37. The molecule has 1 aromatic heterocycles. The van der Waals surface area contributed by atoms with Crippen LogP contribution in [0.3, 0.4) is 0 Å². The summed E-state index contributed by atoms with van der Waals surface area (Å²) in [5.41, 5.74) is 1.26. The number of benzene rings is 2. The van der Waals surface area contributed by atoms with Crippen LogP contribution >= 0.6 is 11.6 Å². The first-order valence-corrected chi connectivity index (χ1v) is 7.50. The summed E-state index contributed by atoms with van der Waals surface area (Å²) in [5, 5.41) is 11.4. The molecule has 1 heterocycles. The molecule has 6 heteroatoms. The second-order valence-corrected chi connectivity index (χ2v) is 5.64. The first kappa shape index (κ1) is 16.1.